The quantitative estimate of drug-likeness (QED) is 0.942. The first-order valence-electron chi connectivity index (χ1n) is 7.41. The van der Waals surface area contributed by atoms with Crippen LogP contribution in [0.4, 0.5) is 0 Å². The van der Waals surface area contributed by atoms with Gasteiger partial charge in [0.1, 0.15) is 5.75 Å². The zero-order valence-corrected chi connectivity index (χ0v) is 13.4. The van der Waals surface area contributed by atoms with Crippen LogP contribution in [0.25, 0.3) is 11.4 Å². The Labute approximate surface area is 130 Å². The van der Waals surface area contributed by atoms with Gasteiger partial charge in [0.15, 0.2) is 5.82 Å². The number of aryl methyl sites for hydroxylation is 2. The molecule has 0 aliphatic heterocycles. The molecule has 1 aromatic heterocycles. The number of hydrogen-bond donors (Lipinski definition) is 1. The van der Waals surface area contributed by atoms with Gasteiger partial charge >= 0.3 is 0 Å². The Morgan fingerprint density at radius 3 is 2.18 bits per heavy atom. The minimum Gasteiger partial charge on any atom is -0.507 e. The minimum atomic E-state index is -0.171. The molecule has 1 aromatic carbocycles. The number of aromatic hydroxyl groups is 1. The summed E-state index contributed by atoms with van der Waals surface area (Å²) in [7, 11) is 0. The van der Waals surface area contributed by atoms with Crippen LogP contribution in [0.5, 0.6) is 5.75 Å². The molecule has 5 nitrogen and oxygen atoms in total. The van der Waals surface area contributed by atoms with Gasteiger partial charge in [-0.2, -0.15) is 0 Å². The van der Waals surface area contributed by atoms with Crippen LogP contribution in [-0.2, 0) is 0 Å². The summed E-state index contributed by atoms with van der Waals surface area (Å²) in [5.41, 5.74) is 2.73. The Kier molecular flexibility index (Phi) is 4.75. The number of nitrogens with zero attached hydrogens (tertiary/aromatic N) is 3. The number of aromatic nitrogens is 2. The maximum Gasteiger partial charge on any atom is 0.257 e. The number of phenols is 1. The molecule has 0 spiro atoms. The summed E-state index contributed by atoms with van der Waals surface area (Å²) in [5, 5.41) is 10.2. The van der Waals surface area contributed by atoms with Gasteiger partial charge in [-0.25, -0.2) is 9.97 Å². The Hall–Kier alpha value is -2.43. The second-order valence-corrected chi connectivity index (χ2v) is 5.18. The van der Waals surface area contributed by atoms with E-state index < -0.39 is 0 Å². The number of carbonyl (C=O) groups is 1. The largest absolute Gasteiger partial charge is 0.507 e. The standard InChI is InChI=1S/C17H21N3O2/c1-5-20(6-2)17(22)14-8-7-13(10-15(14)21)16-18-11(3)9-12(4)19-16/h7-10,21H,5-6H2,1-4H3. The van der Waals surface area contributed by atoms with Crippen molar-refractivity contribution in [2.24, 2.45) is 0 Å². The summed E-state index contributed by atoms with van der Waals surface area (Å²) in [6.07, 6.45) is 0. The first-order valence-corrected chi connectivity index (χ1v) is 7.41. The third-order valence-corrected chi connectivity index (χ3v) is 3.52. The Morgan fingerprint density at radius 1 is 1.09 bits per heavy atom. The van der Waals surface area contributed by atoms with Gasteiger partial charge in [0.2, 0.25) is 0 Å². The molecule has 2 aromatic rings. The first-order chi connectivity index (χ1) is 10.5. The van der Waals surface area contributed by atoms with E-state index in [1.54, 1.807) is 23.1 Å². The van der Waals surface area contributed by atoms with E-state index in [0.717, 1.165) is 11.4 Å². The molecule has 0 aliphatic carbocycles. The smallest absolute Gasteiger partial charge is 0.257 e. The third kappa shape index (κ3) is 3.24. The van der Waals surface area contributed by atoms with E-state index in [-0.39, 0.29) is 11.7 Å². The van der Waals surface area contributed by atoms with Crippen molar-refractivity contribution in [2.75, 3.05) is 13.1 Å². The Bertz CT molecular complexity index is 674. The van der Waals surface area contributed by atoms with Crippen LogP contribution in [0.1, 0.15) is 35.6 Å². The van der Waals surface area contributed by atoms with E-state index in [1.807, 2.05) is 33.8 Å². The summed E-state index contributed by atoms with van der Waals surface area (Å²) in [6.45, 7) is 8.84. The highest BCUT2D eigenvalue weighted by atomic mass is 16.3. The molecule has 0 unspecified atom stereocenters. The predicted octanol–water partition coefficient (Wildman–Crippen LogP) is 2.95. The number of amides is 1. The molecule has 0 aliphatic rings. The van der Waals surface area contributed by atoms with Crippen molar-refractivity contribution in [3.05, 3.63) is 41.2 Å². The van der Waals surface area contributed by atoms with Crippen molar-refractivity contribution in [1.82, 2.24) is 14.9 Å². The van der Waals surface area contributed by atoms with Gasteiger partial charge in [-0.1, -0.05) is 6.07 Å². The lowest BCUT2D eigenvalue weighted by molar-refractivity contribution is 0.0770. The van der Waals surface area contributed by atoms with E-state index in [1.165, 1.54) is 0 Å². The average molecular weight is 299 g/mol. The van der Waals surface area contributed by atoms with Crippen molar-refractivity contribution in [3.63, 3.8) is 0 Å². The fraction of sp³-hybridized carbons (Fsp3) is 0.353. The molecular formula is C17H21N3O2. The molecule has 22 heavy (non-hydrogen) atoms. The van der Waals surface area contributed by atoms with Crippen molar-refractivity contribution >= 4 is 5.91 Å². The van der Waals surface area contributed by atoms with Crippen LogP contribution >= 0.6 is 0 Å². The maximum absolute atomic E-state index is 12.3. The fourth-order valence-electron chi connectivity index (χ4n) is 2.39. The van der Waals surface area contributed by atoms with Crippen molar-refractivity contribution in [3.8, 4) is 17.1 Å². The third-order valence-electron chi connectivity index (χ3n) is 3.52. The summed E-state index contributed by atoms with van der Waals surface area (Å²) in [4.78, 5) is 22.7. The molecule has 1 heterocycles. The number of rotatable bonds is 4. The summed E-state index contributed by atoms with van der Waals surface area (Å²) in [5.74, 6) is 0.335. The predicted molar refractivity (Wildman–Crippen MR) is 85.9 cm³/mol. The second kappa shape index (κ2) is 6.56. The molecule has 5 heteroatoms. The summed E-state index contributed by atoms with van der Waals surface area (Å²) in [6, 6.07) is 6.84. The molecular weight excluding hydrogens is 278 g/mol. The van der Waals surface area contributed by atoms with Gasteiger partial charge in [-0.05, 0) is 45.9 Å². The van der Waals surface area contributed by atoms with E-state index in [4.69, 9.17) is 0 Å². The van der Waals surface area contributed by atoms with Crippen molar-refractivity contribution < 1.29 is 9.90 Å². The molecule has 116 valence electrons. The normalized spacial score (nSPS) is 10.5. The van der Waals surface area contributed by atoms with Gasteiger partial charge in [0.05, 0.1) is 5.56 Å². The van der Waals surface area contributed by atoms with E-state index in [2.05, 4.69) is 9.97 Å². The first kappa shape index (κ1) is 15.9. The van der Waals surface area contributed by atoms with E-state index >= 15 is 0 Å². The molecule has 0 saturated heterocycles. The fourth-order valence-corrected chi connectivity index (χ4v) is 2.39. The molecule has 0 atom stereocenters. The summed E-state index contributed by atoms with van der Waals surface area (Å²) < 4.78 is 0. The van der Waals surface area contributed by atoms with E-state index in [0.29, 0.717) is 30.0 Å². The highest BCUT2D eigenvalue weighted by Crippen LogP contribution is 2.25. The zero-order valence-electron chi connectivity index (χ0n) is 13.4. The number of hydrogen-bond acceptors (Lipinski definition) is 4. The van der Waals surface area contributed by atoms with Crippen LogP contribution in [0, 0.1) is 13.8 Å². The minimum absolute atomic E-state index is 0.0443. The molecule has 0 bridgehead atoms. The van der Waals surface area contributed by atoms with Crippen molar-refractivity contribution in [2.45, 2.75) is 27.7 Å². The van der Waals surface area contributed by atoms with Crippen LogP contribution in [0.2, 0.25) is 0 Å². The Balaban J connectivity index is 2.39. The zero-order chi connectivity index (χ0) is 16.3. The molecule has 0 radical (unpaired) electrons. The van der Waals surface area contributed by atoms with Crippen LogP contribution in [0.3, 0.4) is 0 Å². The SMILES string of the molecule is CCN(CC)C(=O)c1ccc(-c2nc(C)cc(C)n2)cc1O. The lowest BCUT2D eigenvalue weighted by Gasteiger charge is -2.19. The van der Waals surface area contributed by atoms with Gasteiger partial charge in [-0.15, -0.1) is 0 Å². The number of benzene rings is 1. The van der Waals surface area contributed by atoms with Crippen LogP contribution < -0.4 is 0 Å². The monoisotopic (exact) mass is 299 g/mol. The second-order valence-electron chi connectivity index (χ2n) is 5.18. The molecule has 1 N–H and O–H groups in total. The highest BCUT2D eigenvalue weighted by Gasteiger charge is 2.17. The average Bonchev–Trinajstić information content (AvgIpc) is 2.47. The van der Waals surface area contributed by atoms with Crippen LogP contribution in [-0.4, -0.2) is 39.0 Å². The lowest BCUT2D eigenvalue weighted by atomic mass is 10.1. The Morgan fingerprint density at radius 2 is 1.68 bits per heavy atom. The van der Waals surface area contributed by atoms with Gasteiger partial charge < -0.3 is 10.0 Å². The number of carbonyl (C=O) groups excluding carboxylic acids is 1. The highest BCUT2D eigenvalue weighted by molar-refractivity contribution is 5.97. The van der Waals surface area contributed by atoms with E-state index in [9.17, 15) is 9.90 Å². The van der Waals surface area contributed by atoms with Gasteiger partial charge in [-0.3, -0.25) is 4.79 Å². The molecule has 0 fully saturated rings. The van der Waals surface area contributed by atoms with Crippen LogP contribution in [0.15, 0.2) is 24.3 Å². The topological polar surface area (TPSA) is 66.3 Å². The summed E-state index contributed by atoms with van der Waals surface area (Å²) >= 11 is 0. The lowest BCUT2D eigenvalue weighted by Crippen LogP contribution is -2.30. The maximum atomic E-state index is 12.3. The number of phenolic OH excluding ortho intramolecular Hbond substituents is 1. The van der Waals surface area contributed by atoms with Gasteiger partial charge in [0.25, 0.3) is 5.91 Å². The molecule has 2 rings (SSSR count). The van der Waals surface area contributed by atoms with Crippen molar-refractivity contribution in [1.29, 1.82) is 0 Å². The molecule has 0 saturated carbocycles. The van der Waals surface area contributed by atoms with Gasteiger partial charge in [0, 0.05) is 30.0 Å². The molecule has 1 amide bonds.